The summed E-state index contributed by atoms with van der Waals surface area (Å²) in [6.07, 6.45) is -0.640. The monoisotopic (exact) mass is 213 g/mol. The van der Waals surface area contributed by atoms with Crippen molar-refractivity contribution >= 4 is 5.69 Å². The zero-order valence-electron chi connectivity index (χ0n) is 9.26. The van der Waals surface area contributed by atoms with E-state index in [0.29, 0.717) is 11.4 Å². The Labute approximate surface area is 87.7 Å². The van der Waals surface area contributed by atoms with Gasteiger partial charge in [-0.3, -0.25) is 14.8 Å². The van der Waals surface area contributed by atoms with Crippen LogP contribution in [-0.2, 0) is 7.05 Å². The van der Waals surface area contributed by atoms with Crippen LogP contribution in [0.2, 0.25) is 0 Å². The van der Waals surface area contributed by atoms with Crippen LogP contribution in [0.4, 0.5) is 5.69 Å². The zero-order chi connectivity index (χ0) is 11.7. The number of hydrogen-bond donors (Lipinski definition) is 1. The largest absolute Gasteiger partial charge is 0.393 e. The summed E-state index contributed by atoms with van der Waals surface area (Å²) in [7, 11) is 1.65. The number of hydrogen-bond acceptors (Lipinski definition) is 4. The second kappa shape index (κ2) is 3.98. The molecular formula is C9H15N3O3. The summed E-state index contributed by atoms with van der Waals surface area (Å²) in [5.74, 6) is -0.309. The summed E-state index contributed by atoms with van der Waals surface area (Å²) >= 11 is 0. The van der Waals surface area contributed by atoms with Crippen LogP contribution >= 0.6 is 0 Å². The van der Waals surface area contributed by atoms with Crippen molar-refractivity contribution in [1.82, 2.24) is 9.78 Å². The van der Waals surface area contributed by atoms with Crippen LogP contribution in [0.15, 0.2) is 0 Å². The molecule has 0 radical (unpaired) electrons. The molecule has 1 N–H and O–H groups in total. The van der Waals surface area contributed by atoms with Gasteiger partial charge < -0.3 is 5.11 Å². The number of aliphatic hydroxyl groups excluding tert-OH is 1. The van der Waals surface area contributed by atoms with E-state index in [9.17, 15) is 15.2 Å². The summed E-state index contributed by atoms with van der Waals surface area (Å²) in [6, 6.07) is 0. The molecule has 1 aromatic heterocycles. The first kappa shape index (κ1) is 11.6. The summed E-state index contributed by atoms with van der Waals surface area (Å²) in [5.41, 5.74) is 0.850. The van der Waals surface area contributed by atoms with E-state index >= 15 is 0 Å². The molecule has 0 aliphatic carbocycles. The molecule has 15 heavy (non-hydrogen) atoms. The van der Waals surface area contributed by atoms with Crippen LogP contribution in [-0.4, -0.2) is 25.9 Å². The Kier molecular flexibility index (Phi) is 3.09. The molecule has 0 spiro atoms. The third-order valence-electron chi connectivity index (χ3n) is 2.57. The topological polar surface area (TPSA) is 81.2 Å². The first-order valence-electron chi connectivity index (χ1n) is 4.72. The van der Waals surface area contributed by atoms with Crippen molar-refractivity contribution in [2.24, 2.45) is 7.05 Å². The van der Waals surface area contributed by atoms with E-state index in [2.05, 4.69) is 5.10 Å². The molecule has 0 saturated heterocycles. The predicted octanol–water partition coefficient (Wildman–Crippen LogP) is 1.12. The van der Waals surface area contributed by atoms with Gasteiger partial charge in [0.25, 0.3) is 0 Å². The van der Waals surface area contributed by atoms with E-state index in [1.165, 1.54) is 4.68 Å². The number of nitro groups is 1. The van der Waals surface area contributed by atoms with Crippen molar-refractivity contribution in [3.63, 3.8) is 0 Å². The minimum Gasteiger partial charge on any atom is -0.393 e. The Morgan fingerprint density at radius 1 is 1.53 bits per heavy atom. The Morgan fingerprint density at radius 2 is 2.07 bits per heavy atom. The highest BCUT2D eigenvalue weighted by Crippen LogP contribution is 2.30. The minimum absolute atomic E-state index is 0.00546. The van der Waals surface area contributed by atoms with E-state index in [4.69, 9.17) is 0 Å². The minimum atomic E-state index is -0.640. The van der Waals surface area contributed by atoms with Gasteiger partial charge in [0.1, 0.15) is 11.4 Å². The standard InChI is InChI=1S/C9H15N3O3/c1-5(7(3)13)8-9(12(14)15)6(2)10-11(8)4/h5,7,13H,1-4H3. The van der Waals surface area contributed by atoms with E-state index in [-0.39, 0.29) is 11.6 Å². The highest BCUT2D eigenvalue weighted by Gasteiger charge is 2.29. The molecule has 6 nitrogen and oxygen atoms in total. The van der Waals surface area contributed by atoms with Crippen molar-refractivity contribution in [3.8, 4) is 0 Å². The Bertz CT molecular complexity index is 384. The molecule has 0 aliphatic heterocycles. The molecular weight excluding hydrogens is 198 g/mol. The quantitative estimate of drug-likeness (QED) is 0.602. The molecule has 1 rings (SSSR count). The lowest BCUT2D eigenvalue weighted by molar-refractivity contribution is -0.386. The van der Waals surface area contributed by atoms with E-state index in [1.807, 2.05) is 0 Å². The molecule has 1 aromatic rings. The molecule has 0 bridgehead atoms. The van der Waals surface area contributed by atoms with E-state index < -0.39 is 11.0 Å². The number of aliphatic hydroxyl groups is 1. The van der Waals surface area contributed by atoms with Gasteiger partial charge in [-0.05, 0) is 13.8 Å². The van der Waals surface area contributed by atoms with Crippen molar-refractivity contribution < 1.29 is 10.0 Å². The lowest BCUT2D eigenvalue weighted by atomic mass is 10.0. The van der Waals surface area contributed by atoms with Crippen LogP contribution in [0.1, 0.15) is 31.2 Å². The fraction of sp³-hybridized carbons (Fsp3) is 0.667. The smallest absolute Gasteiger partial charge is 0.313 e. The predicted molar refractivity (Wildman–Crippen MR) is 54.7 cm³/mol. The van der Waals surface area contributed by atoms with E-state index in [1.54, 1.807) is 27.8 Å². The third-order valence-corrected chi connectivity index (χ3v) is 2.57. The highest BCUT2D eigenvalue weighted by atomic mass is 16.6. The normalized spacial score (nSPS) is 15.0. The lowest BCUT2D eigenvalue weighted by Crippen LogP contribution is -2.16. The summed E-state index contributed by atoms with van der Waals surface area (Å²) in [6.45, 7) is 4.95. The van der Waals surface area contributed by atoms with Gasteiger partial charge in [-0.2, -0.15) is 5.10 Å². The first-order valence-corrected chi connectivity index (χ1v) is 4.72. The molecule has 84 valence electrons. The lowest BCUT2D eigenvalue weighted by Gasteiger charge is -2.13. The van der Waals surface area contributed by atoms with Crippen molar-refractivity contribution in [1.29, 1.82) is 0 Å². The molecule has 6 heteroatoms. The molecule has 0 saturated carbocycles. The fourth-order valence-electron chi connectivity index (χ4n) is 1.63. The molecule has 2 unspecified atom stereocenters. The van der Waals surface area contributed by atoms with Gasteiger partial charge in [0.15, 0.2) is 0 Å². The molecule has 0 aromatic carbocycles. The maximum Gasteiger partial charge on any atom is 0.313 e. The average Bonchev–Trinajstić information content (AvgIpc) is 2.39. The van der Waals surface area contributed by atoms with Gasteiger partial charge >= 0.3 is 5.69 Å². The summed E-state index contributed by atoms with van der Waals surface area (Å²) in [5, 5.41) is 24.3. The van der Waals surface area contributed by atoms with Crippen LogP contribution in [0.5, 0.6) is 0 Å². The van der Waals surface area contributed by atoms with Gasteiger partial charge in [0, 0.05) is 13.0 Å². The zero-order valence-corrected chi connectivity index (χ0v) is 9.26. The van der Waals surface area contributed by atoms with Crippen LogP contribution in [0, 0.1) is 17.0 Å². The molecule has 0 aliphatic rings. The first-order chi connectivity index (χ1) is 6.86. The molecule has 1 heterocycles. The third kappa shape index (κ3) is 1.99. The molecule has 0 amide bonds. The summed E-state index contributed by atoms with van der Waals surface area (Å²) < 4.78 is 1.46. The van der Waals surface area contributed by atoms with Gasteiger partial charge in [0.2, 0.25) is 0 Å². The number of rotatable bonds is 3. The van der Waals surface area contributed by atoms with Gasteiger partial charge in [-0.25, -0.2) is 0 Å². The van der Waals surface area contributed by atoms with Gasteiger partial charge in [-0.15, -0.1) is 0 Å². The van der Waals surface area contributed by atoms with Crippen LogP contribution in [0.25, 0.3) is 0 Å². The highest BCUT2D eigenvalue weighted by molar-refractivity contribution is 5.42. The summed E-state index contributed by atoms with van der Waals surface area (Å²) in [4.78, 5) is 10.4. The number of nitrogens with zero attached hydrogens (tertiary/aromatic N) is 3. The second-order valence-corrected chi connectivity index (χ2v) is 3.73. The Balaban J connectivity index is 3.32. The maximum atomic E-state index is 10.9. The SMILES string of the molecule is Cc1nn(C)c(C(C)C(C)O)c1[N+](=O)[O-]. The van der Waals surface area contributed by atoms with Crippen molar-refractivity contribution in [2.45, 2.75) is 32.8 Å². The van der Waals surface area contributed by atoms with Gasteiger partial charge in [-0.1, -0.05) is 6.92 Å². The van der Waals surface area contributed by atoms with Crippen LogP contribution in [0.3, 0.4) is 0 Å². The van der Waals surface area contributed by atoms with Crippen molar-refractivity contribution in [3.05, 3.63) is 21.5 Å². The van der Waals surface area contributed by atoms with Crippen LogP contribution < -0.4 is 0 Å². The Morgan fingerprint density at radius 3 is 2.47 bits per heavy atom. The molecule has 0 fully saturated rings. The Hall–Kier alpha value is -1.43. The maximum absolute atomic E-state index is 10.9. The second-order valence-electron chi connectivity index (χ2n) is 3.73. The fourth-order valence-corrected chi connectivity index (χ4v) is 1.63. The number of aromatic nitrogens is 2. The number of aryl methyl sites for hydroxylation is 2. The van der Waals surface area contributed by atoms with Gasteiger partial charge in [0.05, 0.1) is 11.0 Å². The average molecular weight is 213 g/mol. The van der Waals surface area contributed by atoms with Crippen molar-refractivity contribution in [2.75, 3.05) is 0 Å². The molecule has 2 atom stereocenters. The van der Waals surface area contributed by atoms with E-state index in [0.717, 1.165) is 0 Å².